The van der Waals surface area contributed by atoms with Crippen molar-refractivity contribution in [3.8, 4) is 0 Å². The summed E-state index contributed by atoms with van der Waals surface area (Å²) in [5.41, 5.74) is 9.09. The molecule has 106 valence electrons. The van der Waals surface area contributed by atoms with Crippen LogP contribution in [0, 0.1) is 0 Å². The Hall–Kier alpha value is -1.36. The molecule has 0 aliphatic heterocycles. The number of nitrogens with two attached hydrogens (primary N) is 1. The third-order valence-corrected chi connectivity index (χ3v) is 3.59. The van der Waals surface area contributed by atoms with Gasteiger partial charge in [-0.15, -0.1) is 0 Å². The van der Waals surface area contributed by atoms with E-state index in [4.69, 9.17) is 5.73 Å². The Kier molecular flexibility index (Phi) is 5.59. The van der Waals surface area contributed by atoms with Gasteiger partial charge in [-0.25, -0.2) is 0 Å². The molecule has 0 saturated carbocycles. The fourth-order valence-corrected chi connectivity index (χ4v) is 2.69. The lowest BCUT2D eigenvalue weighted by Crippen LogP contribution is -2.26. The monoisotopic (exact) mass is 334 g/mol. The van der Waals surface area contributed by atoms with E-state index in [2.05, 4.69) is 45.1 Å². The van der Waals surface area contributed by atoms with Gasteiger partial charge in [0.2, 0.25) is 0 Å². The summed E-state index contributed by atoms with van der Waals surface area (Å²) >= 11 is 3.51. The number of nitrogens with zero attached hydrogens (tertiary/aromatic N) is 1. The first-order valence-electron chi connectivity index (χ1n) is 6.62. The van der Waals surface area contributed by atoms with Gasteiger partial charge >= 0.3 is 0 Å². The number of aliphatic hydroxyl groups is 1. The smallest absolute Gasteiger partial charge is 0.0606 e. The second-order valence-electron chi connectivity index (χ2n) is 4.65. The highest BCUT2D eigenvalue weighted by Gasteiger charge is 2.09. The summed E-state index contributed by atoms with van der Waals surface area (Å²) in [7, 11) is 0. The normalized spacial score (nSPS) is 10.6. The Labute approximate surface area is 128 Å². The highest BCUT2D eigenvalue weighted by atomic mass is 79.9. The quantitative estimate of drug-likeness (QED) is 0.853. The second-order valence-corrected chi connectivity index (χ2v) is 5.57. The van der Waals surface area contributed by atoms with Crippen LogP contribution in [0.15, 0.2) is 53.0 Å². The molecular weight excluding hydrogens is 316 g/mol. The minimum atomic E-state index is 0.122. The van der Waals surface area contributed by atoms with Crippen LogP contribution in [0.1, 0.15) is 11.1 Å². The average molecular weight is 335 g/mol. The third kappa shape index (κ3) is 4.07. The number of rotatable bonds is 6. The van der Waals surface area contributed by atoms with E-state index in [1.807, 2.05) is 24.3 Å². The largest absolute Gasteiger partial charge is 0.395 e. The van der Waals surface area contributed by atoms with Crippen molar-refractivity contribution in [2.45, 2.75) is 13.1 Å². The van der Waals surface area contributed by atoms with Crippen LogP contribution in [-0.2, 0) is 13.1 Å². The Morgan fingerprint density at radius 2 is 1.80 bits per heavy atom. The molecule has 0 amide bonds. The van der Waals surface area contributed by atoms with E-state index in [-0.39, 0.29) is 6.61 Å². The molecule has 0 aliphatic rings. The highest BCUT2D eigenvalue weighted by Crippen LogP contribution is 2.24. The van der Waals surface area contributed by atoms with E-state index in [0.717, 1.165) is 22.3 Å². The van der Waals surface area contributed by atoms with E-state index in [1.54, 1.807) is 0 Å². The Bertz CT molecular complexity index is 545. The van der Waals surface area contributed by atoms with Gasteiger partial charge < -0.3 is 15.7 Å². The summed E-state index contributed by atoms with van der Waals surface area (Å²) in [5, 5.41) is 9.29. The molecule has 20 heavy (non-hydrogen) atoms. The Morgan fingerprint density at radius 3 is 2.45 bits per heavy atom. The number of hydrogen-bond donors (Lipinski definition) is 2. The minimum absolute atomic E-state index is 0.122. The Balaban J connectivity index is 2.26. The third-order valence-electron chi connectivity index (χ3n) is 3.13. The van der Waals surface area contributed by atoms with E-state index in [1.165, 1.54) is 5.56 Å². The standard InChI is InChI=1S/C16H19BrN2O/c17-15-8-14(11-18)9-16(10-15)19(6-7-20)12-13-4-2-1-3-5-13/h1-5,8-10,20H,6-7,11-12,18H2. The first kappa shape index (κ1) is 15.0. The van der Waals surface area contributed by atoms with Crippen LogP contribution in [0.25, 0.3) is 0 Å². The van der Waals surface area contributed by atoms with Gasteiger partial charge in [0.1, 0.15) is 0 Å². The summed E-state index contributed by atoms with van der Waals surface area (Å²) in [6.45, 7) is 1.99. The van der Waals surface area contributed by atoms with Gasteiger partial charge in [-0.05, 0) is 29.3 Å². The predicted octanol–water partition coefficient (Wildman–Crippen LogP) is 2.91. The summed E-state index contributed by atoms with van der Waals surface area (Å²) in [4.78, 5) is 2.15. The number of aliphatic hydroxyl groups excluding tert-OH is 1. The molecule has 3 nitrogen and oxygen atoms in total. The van der Waals surface area contributed by atoms with Crippen LogP contribution in [-0.4, -0.2) is 18.3 Å². The maximum atomic E-state index is 9.29. The van der Waals surface area contributed by atoms with Crippen LogP contribution in [0.5, 0.6) is 0 Å². The van der Waals surface area contributed by atoms with Gasteiger partial charge in [0, 0.05) is 29.8 Å². The zero-order valence-corrected chi connectivity index (χ0v) is 12.9. The van der Waals surface area contributed by atoms with Crippen LogP contribution in [0.3, 0.4) is 0 Å². The van der Waals surface area contributed by atoms with Gasteiger partial charge in [-0.3, -0.25) is 0 Å². The van der Waals surface area contributed by atoms with Crippen molar-refractivity contribution < 1.29 is 5.11 Å². The summed E-state index contributed by atoms with van der Waals surface area (Å²) < 4.78 is 1.01. The van der Waals surface area contributed by atoms with Gasteiger partial charge in [-0.2, -0.15) is 0 Å². The lowest BCUT2D eigenvalue weighted by Gasteiger charge is -2.25. The fraction of sp³-hybridized carbons (Fsp3) is 0.250. The maximum absolute atomic E-state index is 9.29. The topological polar surface area (TPSA) is 49.5 Å². The molecule has 0 saturated heterocycles. The van der Waals surface area contributed by atoms with E-state index < -0.39 is 0 Å². The lowest BCUT2D eigenvalue weighted by atomic mass is 10.1. The van der Waals surface area contributed by atoms with Gasteiger partial charge in [-0.1, -0.05) is 46.3 Å². The van der Waals surface area contributed by atoms with Crippen LogP contribution in [0.4, 0.5) is 5.69 Å². The first-order valence-corrected chi connectivity index (χ1v) is 7.41. The highest BCUT2D eigenvalue weighted by molar-refractivity contribution is 9.10. The van der Waals surface area contributed by atoms with Crippen molar-refractivity contribution in [3.05, 3.63) is 64.1 Å². The summed E-state index contributed by atoms with van der Waals surface area (Å²) in [5.74, 6) is 0. The minimum Gasteiger partial charge on any atom is -0.395 e. The molecule has 0 unspecified atom stereocenters. The first-order chi connectivity index (χ1) is 9.72. The molecule has 4 heteroatoms. The molecule has 0 aromatic heterocycles. The second kappa shape index (κ2) is 7.43. The van der Waals surface area contributed by atoms with E-state index in [9.17, 15) is 5.11 Å². The summed E-state index contributed by atoms with van der Waals surface area (Å²) in [6, 6.07) is 16.4. The van der Waals surface area contributed by atoms with Crippen molar-refractivity contribution in [1.82, 2.24) is 0 Å². The van der Waals surface area contributed by atoms with Crippen molar-refractivity contribution in [1.29, 1.82) is 0 Å². The molecule has 2 aromatic carbocycles. The van der Waals surface area contributed by atoms with Gasteiger partial charge in [0.05, 0.1) is 6.61 Å². The van der Waals surface area contributed by atoms with E-state index in [0.29, 0.717) is 13.1 Å². The van der Waals surface area contributed by atoms with Crippen molar-refractivity contribution in [3.63, 3.8) is 0 Å². The number of halogens is 1. The molecule has 3 N–H and O–H groups in total. The summed E-state index contributed by atoms with van der Waals surface area (Å²) in [6.07, 6.45) is 0. The van der Waals surface area contributed by atoms with Gasteiger partial charge in [0.25, 0.3) is 0 Å². The molecule has 0 bridgehead atoms. The molecule has 2 rings (SSSR count). The molecule has 2 aromatic rings. The molecule has 0 aliphatic carbocycles. The molecular formula is C16H19BrN2O. The zero-order valence-electron chi connectivity index (χ0n) is 11.3. The van der Waals surface area contributed by atoms with Crippen LogP contribution >= 0.6 is 15.9 Å². The van der Waals surface area contributed by atoms with Crippen molar-refractivity contribution in [2.75, 3.05) is 18.1 Å². The van der Waals surface area contributed by atoms with Crippen LogP contribution in [0.2, 0.25) is 0 Å². The number of anilines is 1. The van der Waals surface area contributed by atoms with Crippen molar-refractivity contribution >= 4 is 21.6 Å². The number of benzene rings is 2. The molecule has 0 spiro atoms. The molecule has 0 atom stereocenters. The van der Waals surface area contributed by atoms with Crippen molar-refractivity contribution in [2.24, 2.45) is 5.73 Å². The van der Waals surface area contributed by atoms with E-state index >= 15 is 0 Å². The van der Waals surface area contributed by atoms with Gasteiger partial charge in [0.15, 0.2) is 0 Å². The lowest BCUT2D eigenvalue weighted by molar-refractivity contribution is 0.301. The zero-order chi connectivity index (χ0) is 14.4. The molecule has 0 radical (unpaired) electrons. The molecule has 0 fully saturated rings. The Morgan fingerprint density at radius 1 is 1.05 bits per heavy atom. The van der Waals surface area contributed by atoms with Crippen LogP contribution < -0.4 is 10.6 Å². The average Bonchev–Trinajstić information content (AvgIpc) is 2.47. The maximum Gasteiger partial charge on any atom is 0.0606 e. The molecule has 0 heterocycles. The SMILES string of the molecule is NCc1cc(Br)cc(N(CCO)Cc2ccccc2)c1. The predicted molar refractivity (Wildman–Crippen MR) is 86.6 cm³/mol. The fourth-order valence-electron chi connectivity index (χ4n) is 2.16. The number of hydrogen-bond acceptors (Lipinski definition) is 3.